The van der Waals surface area contributed by atoms with Gasteiger partial charge >= 0.3 is 6.09 Å². The van der Waals surface area contributed by atoms with Gasteiger partial charge < -0.3 is 21.5 Å². The van der Waals surface area contributed by atoms with E-state index in [1.54, 1.807) is 12.3 Å². The Morgan fingerprint density at radius 1 is 1.29 bits per heavy atom. The van der Waals surface area contributed by atoms with Gasteiger partial charge in [-0.25, -0.2) is 14.2 Å². The predicted molar refractivity (Wildman–Crippen MR) is 106 cm³/mol. The van der Waals surface area contributed by atoms with Crippen molar-refractivity contribution in [3.8, 4) is 17.0 Å². The summed E-state index contributed by atoms with van der Waals surface area (Å²) in [7, 11) is 0. The fourth-order valence-electron chi connectivity index (χ4n) is 3.67. The molecule has 1 aromatic carbocycles. The lowest BCUT2D eigenvalue weighted by atomic mass is 9.91. The number of ether oxygens (including phenoxy) is 1. The second kappa shape index (κ2) is 6.63. The zero-order valence-electron chi connectivity index (χ0n) is 15.5. The van der Waals surface area contributed by atoms with E-state index in [1.165, 1.54) is 12.3 Å². The average Bonchev–Trinajstić information content (AvgIpc) is 2.65. The molecule has 3 aromatic rings. The third-order valence-corrected chi connectivity index (χ3v) is 5.18. The first kappa shape index (κ1) is 18.0. The smallest absolute Gasteiger partial charge is 0.396 e. The van der Waals surface area contributed by atoms with Crippen molar-refractivity contribution >= 4 is 28.2 Å². The highest BCUT2D eigenvalue weighted by Crippen LogP contribution is 2.40. The lowest BCUT2D eigenvalue weighted by Crippen LogP contribution is -2.18. The summed E-state index contributed by atoms with van der Waals surface area (Å²) >= 11 is 0. The zero-order chi connectivity index (χ0) is 20.0. The molecule has 28 heavy (non-hydrogen) atoms. The monoisotopic (exact) mass is 381 g/mol. The number of aromatic nitrogens is 2. The summed E-state index contributed by atoms with van der Waals surface area (Å²) in [6.45, 7) is 4.92. The van der Waals surface area contributed by atoms with Gasteiger partial charge in [-0.3, -0.25) is 4.98 Å². The van der Waals surface area contributed by atoms with Gasteiger partial charge in [0, 0.05) is 47.4 Å². The van der Waals surface area contributed by atoms with Gasteiger partial charge in [-0.15, -0.1) is 0 Å². The molecule has 1 aliphatic heterocycles. The Morgan fingerprint density at radius 2 is 2.07 bits per heavy atom. The lowest BCUT2D eigenvalue weighted by Gasteiger charge is -2.26. The van der Waals surface area contributed by atoms with Crippen molar-refractivity contribution in [3.05, 3.63) is 41.6 Å². The van der Waals surface area contributed by atoms with Gasteiger partial charge in [0.25, 0.3) is 0 Å². The molecule has 144 valence electrons. The van der Waals surface area contributed by atoms with Crippen LogP contribution in [0.1, 0.15) is 30.5 Å². The number of carbonyl (C=O) groups is 1. The van der Waals surface area contributed by atoms with Crippen LogP contribution in [-0.4, -0.2) is 22.6 Å². The number of nitrogens with two attached hydrogens (primary N) is 2. The number of halogens is 1. The minimum Gasteiger partial charge on any atom is -0.396 e. The second-order valence-corrected chi connectivity index (χ2v) is 6.99. The topological polar surface area (TPSA) is 116 Å². The maximum atomic E-state index is 15.1. The molecular formula is C20H20FN5O2. The van der Waals surface area contributed by atoms with Gasteiger partial charge in [-0.05, 0) is 30.4 Å². The molecule has 0 radical (unpaired) electrons. The Balaban J connectivity index is 1.91. The Labute approximate surface area is 160 Å². The Morgan fingerprint density at radius 3 is 2.82 bits per heavy atom. The molecule has 4 rings (SSSR count). The highest BCUT2D eigenvalue weighted by Gasteiger charge is 2.23. The number of nitrogen functional groups attached to an aromatic ring is 1. The first-order chi connectivity index (χ1) is 13.4. The molecule has 0 fully saturated rings. The third-order valence-electron chi connectivity index (χ3n) is 5.18. The molecule has 0 bridgehead atoms. The summed E-state index contributed by atoms with van der Waals surface area (Å²) in [5.41, 5.74) is 14.9. The summed E-state index contributed by atoms with van der Waals surface area (Å²) in [6.07, 6.45) is 3.07. The number of rotatable bonds is 2. The van der Waals surface area contributed by atoms with Gasteiger partial charge in [-0.2, -0.15) is 0 Å². The minimum atomic E-state index is -0.975. The molecule has 3 heterocycles. The van der Waals surface area contributed by atoms with Gasteiger partial charge in [0.15, 0.2) is 5.82 Å². The number of carbonyl (C=O) groups excluding carboxylic acids is 1. The highest BCUT2D eigenvalue weighted by atomic mass is 19.1. The molecule has 1 atom stereocenters. The minimum absolute atomic E-state index is 0.0211. The number of anilines is 2. The van der Waals surface area contributed by atoms with E-state index in [4.69, 9.17) is 16.2 Å². The average molecular weight is 381 g/mol. The van der Waals surface area contributed by atoms with Crippen LogP contribution in [0.3, 0.4) is 0 Å². The molecule has 5 N–H and O–H groups in total. The number of nitrogens with one attached hydrogen (secondary N) is 1. The molecule has 8 heteroatoms. The SMILES string of the molecule is Cc1c(-c2cc3cc(OC(N)=O)ncc3c(N)c2F)cnc2c1NCC[C@@H]2C. The fourth-order valence-corrected chi connectivity index (χ4v) is 3.67. The molecule has 0 saturated carbocycles. The second-order valence-electron chi connectivity index (χ2n) is 6.99. The molecule has 1 amide bonds. The van der Waals surface area contributed by atoms with Crippen LogP contribution in [0.5, 0.6) is 5.88 Å². The Bertz CT molecular complexity index is 1120. The third kappa shape index (κ3) is 2.87. The fraction of sp³-hybridized carbons (Fsp3) is 0.250. The molecule has 2 aromatic heterocycles. The van der Waals surface area contributed by atoms with Gasteiger partial charge in [0.2, 0.25) is 5.88 Å². The van der Waals surface area contributed by atoms with E-state index >= 15 is 4.39 Å². The summed E-state index contributed by atoms with van der Waals surface area (Å²) in [6, 6.07) is 3.15. The number of benzene rings is 1. The van der Waals surface area contributed by atoms with Crippen LogP contribution in [0.2, 0.25) is 0 Å². The molecule has 0 aliphatic carbocycles. The quantitative estimate of drug-likeness (QED) is 0.583. The van der Waals surface area contributed by atoms with Crippen LogP contribution in [0.15, 0.2) is 24.5 Å². The summed E-state index contributed by atoms with van der Waals surface area (Å²) < 4.78 is 19.9. The van der Waals surface area contributed by atoms with E-state index in [0.29, 0.717) is 27.8 Å². The molecule has 0 unspecified atom stereocenters. The Hall–Kier alpha value is -3.42. The van der Waals surface area contributed by atoms with Crippen LogP contribution < -0.4 is 21.5 Å². The molecule has 7 nitrogen and oxygen atoms in total. The van der Waals surface area contributed by atoms with Crippen LogP contribution in [0, 0.1) is 12.7 Å². The lowest BCUT2D eigenvalue weighted by molar-refractivity contribution is 0.209. The van der Waals surface area contributed by atoms with Crippen molar-refractivity contribution in [2.24, 2.45) is 5.73 Å². The van der Waals surface area contributed by atoms with Gasteiger partial charge in [0.1, 0.15) is 0 Å². The maximum absolute atomic E-state index is 15.1. The standard InChI is InChI=1S/C20H20FN5O2/c1-9-3-4-24-19-10(2)13(7-26-18(9)19)12-5-11-6-15(28-20(23)27)25-8-14(11)17(22)16(12)21/h5-9,24H,3-4,22H2,1-2H3,(H2,23,27)/t9-/m0/s1. The number of hydrogen-bond acceptors (Lipinski definition) is 6. The number of fused-ring (bicyclic) bond motifs is 2. The number of hydrogen-bond donors (Lipinski definition) is 3. The van der Waals surface area contributed by atoms with Crippen molar-refractivity contribution in [1.82, 2.24) is 9.97 Å². The molecular weight excluding hydrogens is 361 g/mol. The zero-order valence-corrected chi connectivity index (χ0v) is 15.5. The first-order valence-corrected chi connectivity index (χ1v) is 8.95. The van der Waals surface area contributed by atoms with E-state index in [1.807, 2.05) is 6.92 Å². The van der Waals surface area contributed by atoms with Crippen LogP contribution >= 0.6 is 0 Å². The van der Waals surface area contributed by atoms with Crippen LogP contribution in [0.25, 0.3) is 21.9 Å². The van der Waals surface area contributed by atoms with Crippen LogP contribution in [0.4, 0.5) is 20.6 Å². The number of amides is 1. The number of pyridine rings is 2. The highest BCUT2D eigenvalue weighted by molar-refractivity contribution is 5.98. The van der Waals surface area contributed by atoms with E-state index < -0.39 is 11.9 Å². The van der Waals surface area contributed by atoms with Gasteiger partial charge in [-0.1, -0.05) is 6.92 Å². The van der Waals surface area contributed by atoms with E-state index in [-0.39, 0.29) is 11.6 Å². The van der Waals surface area contributed by atoms with Crippen LogP contribution in [-0.2, 0) is 0 Å². The largest absolute Gasteiger partial charge is 0.411 e. The maximum Gasteiger partial charge on any atom is 0.411 e. The van der Waals surface area contributed by atoms with Crippen molar-refractivity contribution in [2.45, 2.75) is 26.2 Å². The summed E-state index contributed by atoms with van der Waals surface area (Å²) in [4.78, 5) is 19.5. The Kier molecular flexibility index (Phi) is 4.26. The van der Waals surface area contributed by atoms with Crippen molar-refractivity contribution in [3.63, 3.8) is 0 Å². The van der Waals surface area contributed by atoms with Crippen molar-refractivity contribution in [2.75, 3.05) is 17.6 Å². The molecule has 0 saturated heterocycles. The van der Waals surface area contributed by atoms with Crippen molar-refractivity contribution < 1.29 is 13.9 Å². The van der Waals surface area contributed by atoms with E-state index in [9.17, 15) is 4.79 Å². The number of nitrogens with zero attached hydrogens (tertiary/aromatic N) is 2. The molecule has 0 spiro atoms. The normalized spacial score (nSPS) is 15.8. The van der Waals surface area contributed by atoms with E-state index in [2.05, 4.69) is 22.2 Å². The summed E-state index contributed by atoms with van der Waals surface area (Å²) in [5.74, 6) is -0.172. The van der Waals surface area contributed by atoms with E-state index in [0.717, 1.165) is 29.9 Å². The first-order valence-electron chi connectivity index (χ1n) is 8.95. The number of primary amides is 1. The molecule has 1 aliphatic rings. The van der Waals surface area contributed by atoms with Gasteiger partial charge in [0.05, 0.1) is 17.1 Å². The van der Waals surface area contributed by atoms with Crippen molar-refractivity contribution in [1.29, 1.82) is 0 Å². The summed E-state index contributed by atoms with van der Waals surface area (Å²) in [5, 5.41) is 4.38. The predicted octanol–water partition coefficient (Wildman–Crippen LogP) is 3.70.